The Labute approximate surface area is 156 Å². The van der Waals surface area contributed by atoms with Crippen LogP contribution in [0.15, 0.2) is 0 Å². The van der Waals surface area contributed by atoms with Crippen LogP contribution in [0.4, 0.5) is 0 Å². The number of nitrogens with zero attached hydrogens (tertiary/aromatic N) is 1. The van der Waals surface area contributed by atoms with Crippen LogP contribution in [-0.2, 0) is 23.9 Å². The van der Waals surface area contributed by atoms with Crippen LogP contribution < -0.4 is 5.32 Å². The molecular weight excluding hydrogens is 338 g/mol. The molecule has 0 saturated carbocycles. The molecule has 26 heavy (non-hydrogen) atoms. The monoisotopic (exact) mass is 371 g/mol. The Balaban J connectivity index is 3.77. The number of esters is 2. The first kappa shape index (κ1) is 23.9. The van der Waals surface area contributed by atoms with Gasteiger partial charge in [0.1, 0.15) is 6.54 Å². The Kier molecular flexibility index (Phi) is 13.9. The van der Waals surface area contributed by atoms with Crippen molar-refractivity contribution in [3.8, 4) is 0 Å². The van der Waals surface area contributed by atoms with Gasteiger partial charge in [0.05, 0.1) is 0 Å². The molecule has 150 valence electrons. The molecule has 0 aliphatic carbocycles. The SMILES string of the molecule is CCCCCCCCCCC(=O)NC(=N)N(C)CC(=O)OCOC(C)=O. The van der Waals surface area contributed by atoms with Gasteiger partial charge < -0.3 is 14.4 Å². The third kappa shape index (κ3) is 14.2. The van der Waals surface area contributed by atoms with E-state index in [1.807, 2.05) is 0 Å². The van der Waals surface area contributed by atoms with Gasteiger partial charge in [0, 0.05) is 20.4 Å². The summed E-state index contributed by atoms with van der Waals surface area (Å²) in [6, 6.07) is 0. The predicted octanol–water partition coefficient (Wildman–Crippen LogP) is 2.56. The largest absolute Gasteiger partial charge is 0.428 e. The lowest BCUT2D eigenvalue weighted by molar-refractivity contribution is -0.165. The molecule has 0 aliphatic heterocycles. The summed E-state index contributed by atoms with van der Waals surface area (Å²) >= 11 is 0. The lowest BCUT2D eigenvalue weighted by Gasteiger charge is -2.19. The molecule has 0 aromatic carbocycles. The van der Waals surface area contributed by atoms with E-state index >= 15 is 0 Å². The van der Waals surface area contributed by atoms with Crippen molar-refractivity contribution in [2.45, 2.75) is 71.6 Å². The quantitative estimate of drug-likeness (QED) is 0.169. The lowest BCUT2D eigenvalue weighted by atomic mass is 10.1. The maximum atomic E-state index is 11.8. The Hall–Kier alpha value is -2.12. The lowest BCUT2D eigenvalue weighted by Crippen LogP contribution is -2.43. The van der Waals surface area contributed by atoms with Gasteiger partial charge in [-0.15, -0.1) is 0 Å². The minimum absolute atomic E-state index is 0.168. The van der Waals surface area contributed by atoms with Gasteiger partial charge in [0.25, 0.3) is 0 Å². The Morgan fingerprint density at radius 3 is 2.12 bits per heavy atom. The zero-order chi connectivity index (χ0) is 19.8. The van der Waals surface area contributed by atoms with Crippen molar-refractivity contribution >= 4 is 23.8 Å². The summed E-state index contributed by atoms with van der Waals surface area (Å²) in [5.74, 6) is -1.61. The second-order valence-electron chi connectivity index (χ2n) is 6.25. The molecule has 1 amide bonds. The number of carbonyl (C=O) groups excluding carboxylic acids is 3. The smallest absolute Gasteiger partial charge is 0.328 e. The zero-order valence-electron chi connectivity index (χ0n) is 16.3. The van der Waals surface area contributed by atoms with E-state index in [1.165, 1.54) is 51.0 Å². The summed E-state index contributed by atoms with van der Waals surface area (Å²) in [5, 5.41) is 10.2. The Bertz CT molecular complexity index is 454. The summed E-state index contributed by atoms with van der Waals surface area (Å²) in [4.78, 5) is 35.1. The molecule has 8 heteroatoms. The summed E-state index contributed by atoms with van der Waals surface area (Å²) < 4.78 is 9.16. The molecule has 0 radical (unpaired) electrons. The molecule has 0 unspecified atom stereocenters. The first-order valence-electron chi connectivity index (χ1n) is 9.25. The van der Waals surface area contributed by atoms with Gasteiger partial charge in [-0.3, -0.25) is 25.1 Å². The molecule has 0 bridgehead atoms. The van der Waals surface area contributed by atoms with E-state index in [-0.39, 0.29) is 18.4 Å². The molecule has 0 aromatic rings. The highest BCUT2D eigenvalue weighted by Gasteiger charge is 2.13. The average molecular weight is 371 g/mol. The summed E-state index contributed by atoms with van der Waals surface area (Å²) in [6.07, 6.45) is 9.55. The highest BCUT2D eigenvalue weighted by Crippen LogP contribution is 2.09. The molecule has 0 aromatic heterocycles. The predicted molar refractivity (Wildman–Crippen MR) is 98.5 cm³/mol. The molecule has 0 aliphatic rings. The van der Waals surface area contributed by atoms with Crippen LogP contribution >= 0.6 is 0 Å². The van der Waals surface area contributed by atoms with Gasteiger partial charge in [0.2, 0.25) is 12.7 Å². The van der Waals surface area contributed by atoms with Crippen LogP contribution in [0.1, 0.15) is 71.6 Å². The van der Waals surface area contributed by atoms with Gasteiger partial charge in [0.15, 0.2) is 5.96 Å². The second-order valence-corrected chi connectivity index (χ2v) is 6.25. The van der Waals surface area contributed by atoms with Gasteiger partial charge in [-0.1, -0.05) is 51.9 Å². The topological polar surface area (TPSA) is 109 Å². The van der Waals surface area contributed by atoms with E-state index in [4.69, 9.17) is 5.41 Å². The standard InChI is InChI=1S/C18H33N3O5/c1-4-5-6-7-8-9-10-11-12-16(23)20-18(19)21(3)13-17(24)26-14-25-15(2)22/h4-14H2,1-3H3,(H2,19,20,23). The maximum Gasteiger partial charge on any atom is 0.328 e. The number of rotatable bonds is 13. The van der Waals surface area contributed by atoms with Crippen LogP contribution in [0.5, 0.6) is 0 Å². The molecule has 0 fully saturated rings. The number of nitrogens with one attached hydrogen (secondary N) is 2. The van der Waals surface area contributed by atoms with E-state index in [0.29, 0.717) is 6.42 Å². The minimum Gasteiger partial charge on any atom is -0.428 e. The van der Waals surface area contributed by atoms with Gasteiger partial charge in [-0.05, 0) is 6.42 Å². The van der Waals surface area contributed by atoms with Crippen LogP contribution in [-0.4, -0.2) is 49.1 Å². The zero-order valence-corrected chi connectivity index (χ0v) is 16.3. The first-order chi connectivity index (χ1) is 12.4. The molecule has 0 heterocycles. The maximum absolute atomic E-state index is 11.8. The Morgan fingerprint density at radius 2 is 1.54 bits per heavy atom. The number of hydrogen-bond donors (Lipinski definition) is 2. The molecule has 0 spiro atoms. The number of ether oxygens (including phenoxy) is 2. The van der Waals surface area contributed by atoms with Crippen molar-refractivity contribution in [2.75, 3.05) is 20.4 Å². The highest BCUT2D eigenvalue weighted by molar-refractivity contribution is 5.96. The number of likely N-dealkylation sites (N-methyl/N-ethyl adjacent to an activating group) is 1. The number of unbranched alkanes of at least 4 members (excludes halogenated alkanes) is 7. The molecule has 0 rings (SSSR count). The fourth-order valence-corrected chi connectivity index (χ4v) is 2.21. The van der Waals surface area contributed by atoms with Crippen molar-refractivity contribution in [3.63, 3.8) is 0 Å². The number of guanidine groups is 1. The third-order valence-electron chi connectivity index (χ3n) is 3.75. The molecular formula is C18H33N3O5. The van der Waals surface area contributed by atoms with Crippen LogP contribution in [0.3, 0.4) is 0 Å². The van der Waals surface area contributed by atoms with Crippen molar-refractivity contribution in [1.82, 2.24) is 10.2 Å². The molecule has 2 N–H and O–H groups in total. The van der Waals surface area contributed by atoms with Gasteiger partial charge >= 0.3 is 11.9 Å². The first-order valence-corrected chi connectivity index (χ1v) is 9.25. The van der Waals surface area contributed by atoms with Crippen LogP contribution in [0, 0.1) is 5.41 Å². The van der Waals surface area contributed by atoms with Gasteiger partial charge in [-0.25, -0.2) is 0 Å². The number of carbonyl (C=O) groups is 3. The van der Waals surface area contributed by atoms with Crippen molar-refractivity contribution in [3.05, 3.63) is 0 Å². The minimum atomic E-state index is -0.657. The molecule has 0 atom stereocenters. The third-order valence-corrected chi connectivity index (χ3v) is 3.75. The Morgan fingerprint density at radius 1 is 0.962 bits per heavy atom. The van der Waals surface area contributed by atoms with E-state index in [9.17, 15) is 14.4 Å². The normalized spacial score (nSPS) is 10.1. The fraction of sp³-hybridized carbons (Fsp3) is 0.778. The fourth-order valence-electron chi connectivity index (χ4n) is 2.21. The van der Waals surface area contributed by atoms with Crippen LogP contribution in [0.2, 0.25) is 0 Å². The number of amides is 1. The molecule has 8 nitrogen and oxygen atoms in total. The number of hydrogen-bond acceptors (Lipinski definition) is 6. The average Bonchev–Trinajstić information content (AvgIpc) is 2.56. The second kappa shape index (κ2) is 15.2. The van der Waals surface area contributed by atoms with E-state index in [0.717, 1.165) is 19.3 Å². The summed E-state index contributed by atoms with van der Waals surface area (Å²) in [6.45, 7) is 2.72. The van der Waals surface area contributed by atoms with Crippen molar-refractivity contribution in [2.24, 2.45) is 0 Å². The summed E-state index contributed by atoms with van der Waals surface area (Å²) in [7, 11) is 1.49. The van der Waals surface area contributed by atoms with Crippen LogP contribution in [0.25, 0.3) is 0 Å². The summed E-state index contributed by atoms with van der Waals surface area (Å²) in [5.41, 5.74) is 0. The van der Waals surface area contributed by atoms with E-state index in [1.54, 1.807) is 0 Å². The van der Waals surface area contributed by atoms with E-state index in [2.05, 4.69) is 21.7 Å². The molecule has 0 saturated heterocycles. The highest BCUT2D eigenvalue weighted by atomic mass is 16.7. The van der Waals surface area contributed by atoms with Crippen molar-refractivity contribution < 1.29 is 23.9 Å². The van der Waals surface area contributed by atoms with Crippen molar-refractivity contribution in [1.29, 1.82) is 5.41 Å². The van der Waals surface area contributed by atoms with E-state index < -0.39 is 18.7 Å². The van der Waals surface area contributed by atoms with Gasteiger partial charge in [-0.2, -0.15) is 0 Å².